The predicted molar refractivity (Wildman–Crippen MR) is 92.2 cm³/mol. The zero-order valence-corrected chi connectivity index (χ0v) is 13.9. The maximum atomic E-state index is 12.9. The Hall–Kier alpha value is -2.69. The van der Waals surface area contributed by atoms with E-state index in [1.54, 1.807) is 12.1 Å². The van der Waals surface area contributed by atoms with Crippen molar-refractivity contribution in [2.24, 2.45) is 0 Å². The monoisotopic (exact) mass is 328 g/mol. The molecular weight excluding hydrogens is 307 g/mol. The Morgan fingerprint density at radius 1 is 1.12 bits per heavy atom. The molecular formula is C19H21FN2O2. The maximum Gasteiger partial charge on any atom is 0.243 e. The molecule has 0 aliphatic carbocycles. The highest BCUT2D eigenvalue weighted by molar-refractivity contribution is 5.94. The van der Waals surface area contributed by atoms with Crippen molar-refractivity contribution in [2.75, 3.05) is 18.4 Å². The fourth-order valence-electron chi connectivity index (χ4n) is 2.36. The second-order valence-electron chi connectivity index (χ2n) is 5.73. The minimum Gasteiger partial charge on any atom is -0.333 e. The number of carbonyl (C=O) groups excluding carboxylic acids is 2. The maximum absolute atomic E-state index is 12.9. The van der Waals surface area contributed by atoms with E-state index >= 15 is 0 Å². The van der Waals surface area contributed by atoms with Gasteiger partial charge in [0.25, 0.3) is 0 Å². The molecule has 0 fully saturated rings. The lowest BCUT2D eigenvalue weighted by atomic mass is 10.1. The number of aryl methyl sites for hydroxylation is 1. The van der Waals surface area contributed by atoms with Gasteiger partial charge in [-0.25, -0.2) is 4.39 Å². The van der Waals surface area contributed by atoms with Crippen LogP contribution in [0.25, 0.3) is 0 Å². The molecule has 0 bridgehead atoms. The SMILES string of the molecule is CC(=O)N(CCc1ccc(F)cc1)CC(=O)Nc1cccc(C)c1. The summed E-state index contributed by atoms with van der Waals surface area (Å²) in [4.78, 5) is 25.4. The Balaban J connectivity index is 1.91. The molecule has 0 atom stereocenters. The number of hydrogen-bond acceptors (Lipinski definition) is 2. The number of amides is 2. The van der Waals surface area contributed by atoms with Gasteiger partial charge in [0.15, 0.2) is 0 Å². The first-order valence-corrected chi connectivity index (χ1v) is 7.80. The van der Waals surface area contributed by atoms with Crippen LogP contribution >= 0.6 is 0 Å². The van der Waals surface area contributed by atoms with E-state index in [4.69, 9.17) is 0 Å². The molecule has 0 saturated carbocycles. The third-order valence-corrected chi connectivity index (χ3v) is 3.67. The fraction of sp³-hybridized carbons (Fsp3) is 0.263. The van der Waals surface area contributed by atoms with E-state index in [1.807, 2.05) is 31.2 Å². The van der Waals surface area contributed by atoms with Crippen molar-refractivity contribution in [1.82, 2.24) is 4.90 Å². The van der Waals surface area contributed by atoms with E-state index in [9.17, 15) is 14.0 Å². The smallest absolute Gasteiger partial charge is 0.243 e. The molecule has 0 aliphatic heterocycles. The number of carbonyl (C=O) groups is 2. The largest absolute Gasteiger partial charge is 0.333 e. The highest BCUT2D eigenvalue weighted by Gasteiger charge is 2.14. The average Bonchev–Trinajstić information content (AvgIpc) is 2.52. The van der Waals surface area contributed by atoms with Gasteiger partial charge in [-0.1, -0.05) is 24.3 Å². The van der Waals surface area contributed by atoms with E-state index in [-0.39, 0.29) is 24.2 Å². The second-order valence-corrected chi connectivity index (χ2v) is 5.73. The number of hydrogen-bond donors (Lipinski definition) is 1. The van der Waals surface area contributed by atoms with E-state index in [2.05, 4.69) is 5.32 Å². The molecule has 1 N–H and O–H groups in total. The molecule has 126 valence electrons. The van der Waals surface area contributed by atoms with Crippen LogP contribution in [0.3, 0.4) is 0 Å². The minimum atomic E-state index is -0.292. The Morgan fingerprint density at radius 2 is 1.83 bits per heavy atom. The molecule has 2 aromatic carbocycles. The van der Waals surface area contributed by atoms with Gasteiger partial charge in [-0.2, -0.15) is 0 Å². The van der Waals surface area contributed by atoms with Crippen molar-refractivity contribution in [3.63, 3.8) is 0 Å². The quantitative estimate of drug-likeness (QED) is 0.885. The van der Waals surface area contributed by atoms with Crippen molar-refractivity contribution in [3.05, 3.63) is 65.5 Å². The van der Waals surface area contributed by atoms with Crippen LogP contribution in [0.4, 0.5) is 10.1 Å². The van der Waals surface area contributed by atoms with Crippen LogP contribution in [0.15, 0.2) is 48.5 Å². The zero-order valence-electron chi connectivity index (χ0n) is 13.9. The molecule has 5 heteroatoms. The van der Waals surface area contributed by atoms with Crippen molar-refractivity contribution in [2.45, 2.75) is 20.3 Å². The summed E-state index contributed by atoms with van der Waals surface area (Å²) >= 11 is 0. The summed E-state index contributed by atoms with van der Waals surface area (Å²) in [7, 11) is 0. The van der Waals surface area contributed by atoms with Crippen molar-refractivity contribution >= 4 is 17.5 Å². The first-order valence-electron chi connectivity index (χ1n) is 7.80. The Kier molecular flexibility index (Phi) is 6.07. The molecule has 0 aliphatic rings. The Morgan fingerprint density at radius 3 is 2.46 bits per heavy atom. The molecule has 0 radical (unpaired) electrons. The van der Waals surface area contributed by atoms with Gasteiger partial charge in [-0.05, 0) is 48.7 Å². The zero-order chi connectivity index (χ0) is 17.5. The number of anilines is 1. The lowest BCUT2D eigenvalue weighted by molar-refractivity contribution is -0.132. The summed E-state index contributed by atoms with van der Waals surface area (Å²) in [6, 6.07) is 13.6. The third kappa shape index (κ3) is 5.50. The van der Waals surface area contributed by atoms with Crippen LogP contribution in [0.2, 0.25) is 0 Å². The van der Waals surface area contributed by atoms with Gasteiger partial charge >= 0.3 is 0 Å². The van der Waals surface area contributed by atoms with Crippen molar-refractivity contribution < 1.29 is 14.0 Å². The molecule has 0 spiro atoms. The van der Waals surface area contributed by atoms with E-state index < -0.39 is 0 Å². The third-order valence-electron chi connectivity index (χ3n) is 3.67. The van der Waals surface area contributed by atoms with Gasteiger partial charge in [0, 0.05) is 19.2 Å². The molecule has 0 aromatic heterocycles. The van der Waals surface area contributed by atoms with Crippen LogP contribution in [0.1, 0.15) is 18.1 Å². The van der Waals surface area contributed by atoms with Gasteiger partial charge in [0.05, 0.1) is 6.54 Å². The fourth-order valence-corrected chi connectivity index (χ4v) is 2.36. The first kappa shape index (κ1) is 17.7. The Labute approximate surface area is 141 Å². The normalized spacial score (nSPS) is 10.3. The van der Waals surface area contributed by atoms with Crippen LogP contribution in [0.5, 0.6) is 0 Å². The second kappa shape index (κ2) is 8.24. The van der Waals surface area contributed by atoms with Crippen LogP contribution in [-0.2, 0) is 16.0 Å². The number of rotatable bonds is 6. The molecule has 0 saturated heterocycles. The number of nitrogens with zero attached hydrogens (tertiary/aromatic N) is 1. The van der Waals surface area contributed by atoms with Gasteiger partial charge in [0.1, 0.15) is 5.82 Å². The van der Waals surface area contributed by atoms with Crippen LogP contribution < -0.4 is 5.32 Å². The van der Waals surface area contributed by atoms with E-state index in [1.165, 1.54) is 24.0 Å². The van der Waals surface area contributed by atoms with Crippen molar-refractivity contribution in [1.29, 1.82) is 0 Å². The number of halogens is 1. The molecule has 2 rings (SSSR count). The summed E-state index contributed by atoms with van der Waals surface area (Å²) in [6.07, 6.45) is 0.567. The van der Waals surface area contributed by atoms with Crippen LogP contribution in [0, 0.1) is 12.7 Å². The van der Waals surface area contributed by atoms with Gasteiger partial charge in [-0.3, -0.25) is 9.59 Å². The average molecular weight is 328 g/mol. The van der Waals surface area contributed by atoms with Gasteiger partial charge < -0.3 is 10.2 Å². The summed E-state index contributed by atoms with van der Waals surface area (Å²) in [6.45, 7) is 3.78. The lowest BCUT2D eigenvalue weighted by Crippen LogP contribution is -2.38. The molecule has 2 aromatic rings. The molecule has 0 heterocycles. The van der Waals surface area contributed by atoms with E-state index in [0.717, 1.165) is 11.1 Å². The van der Waals surface area contributed by atoms with Gasteiger partial charge in [0.2, 0.25) is 11.8 Å². The number of benzene rings is 2. The van der Waals surface area contributed by atoms with E-state index in [0.29, 0.717) is 18.7 Å². The highest BCUT2D eigenvalue weighted by atomic mass is 19.1. The molecule has 2 amide bonds. The standard InChI is InChI=1S/C19H21FN2O2/c1-14-4-3-5-18(12-14)21-19(24)13-22(15(2)23)11-10-16-6-8-17(20)9-7-16/h3-9,12H,10-11,13H2,1-2H3,(H,21,24). The predicted octanol–water partition coefficient (Wildman–Crippen LogP) is 3.16. The summed E-state index contributed by atoms with van der Waals surface area (Å²) in [5.41, 5.74) is 2.68. The highest BCUT2D eigenvalue weighted by Crippen LogP contribution is 2.10. The van der Waals surface area contributed by atoms with Crippen molar-refractivity contribution in [3.8, 4) is 0 Å². The number of nitrogens with one attached hydrogen (secondary N) is 1. The molecule has 0 unspecified atom stereocenters. The topological polar surface area (TPSA) is 49.4 Å². The Bertz CT molecular complexity index is 714. The summed E-state index contributed by atoms with van der Waals surface area (Å²) in [5, 5.41) is 2.79. The first-order chi connectivity index (χ1) is 11.4. The lowest BCUT2D eigenvalue weighted by Gasteiger charge is -2.20. The minimum absolute atomic E-state index is 0.00945. The molecule has 4 nitrogen and oxygen atoms in total. The summed E-state index contributed by atoms with van der Waals surface area (Å²) in [5.74, 6) is -0.703. The van der Waals surface area contributed by atoms with Crippen LogP contribution in [-0.4, -0.2) is 29.8 Å². The van der Waals surface area contributed by atoms with Gasteiger partial charge in [-0.15, -0.1) is 0 Å². The summed E-state index contributed by atoms with van der Waals surface area (Å²) < 4.78 is 12.9. The molecule has 24 heavy (non-hydrogen) atoms.